The molecular formula is C14H29N3O3. The van der Waals surface area contributed by atoms with Crippen molar-refractivity contribution >= 4 is 6.09 Å². The third kappa shape index (κ3) is 5.64. The van der Waals surface area contributed by atoms with Gasteiger partial charge in [0.15, 0.2) is 0 Å². The number of ether oxygens (including phenoxy) is 2. The summed E-state index contributed by atoms with van der Waals surface area (Å²) < 4.78 is 10.8. The molecule has 0 aliphatic carbocycles. The van der Waals surface area contributed by atoms with Gasteiger partial charge in [-0.1, -0.05) is 0 Å². The molecule has 3 N–H and O–H groups in total. The Bertz CT molecular complexity index is 317. The first-order chi connectivity index (χ1) is 9.23. The lowest BCUT2D eigenvalue weighted by molar-refractivity contribution is -0.0643. The molecule has 0 saturated carbocycles. The van der Waals surface area contributed by atoms with Gasteiger partial charge in [0.25, 0.3) is 0 Å². The molecule has 0 aromatic carbocycles. The number of amides is 1. The minimum Gasteiger partial charge on any atom is -0.444 e. The van der Waals surface area contributed by atoms with Crippen LogP contribution in [-0.2, 0) is 9.47 Å². The minimum absolute atomic E-state index is 0.101. The van der Waals surface area contributed by atoms with Gasteiger partial charge in [-0.2, -0.15) is 0 Å². The Labute approximate surface area is 122 Å². The smallest absolute Gasteiger partial charge is 0.407 e. The lowest BCUT2D eigenvalue weighted by Crippen LogP contribution is -2.57. The van der Waals surface area contributed by atoms with Crippen molar-refractivity contribution in [3.63, 3.8) is 0 Å². The Kier molecular flexibility index (Phi) is 6.23. The van der Waals surface area contributed by atoms with Gasteiger partial charge in [0.05, 0.1) is 12.7 Å². The molecule has 0 aromatic rings. The van der Waals surface area contributed by atoms with Crippen LogP contribution in [0, 0.1) is 0 Å². The third-order valence-corrected chi connectivity index (χ3v) is 3.28. The maximum Gasteiger partial charge on any atom is 0.407 e. The number of nitrogens with two attached hydrogens (primary N) is 1. The number of hydrogen-bond acceptors (Lipinski definition) is 5. The van der Waals surface area contributed by atoms with Crippen LogP contribution >= 0.6 is 0 Å². The summed E-state index contributed by atoms with van der Waals surface area (Å²) >= 11 is 0. The summed E-state index contributed by atoms with van der Waals surface area (Å²) in [4.78, 5) is 14.0. The van der Waals surface area contributed by atoms with Crippen molar-refractivity contribution in [2.75, 3.05) is 26.2 Å². The molecule has 1 saturated heterocycles. The molecule has 3 unspecified atom stereocenters. The van der Waals surface area contributed by atoms with Crippen LogP contribution < -0.4 is 11.1 Å². The lowest BCUT2D eigenvalue weighted by atomic mass is 10.1. The molecule has 0 spiro atoms. The first-order valence-corrected chi connectivity index (χ1v) is 7.27. The van der Waals surface area contributed by atoms with Crippen LogP contribution in [0.2, 0.25) is 0 Å². The van der Waals surface area contributed by atoms with E-state index in [1.165, 1.54) is 0 Å². The van der Waals surface area contributed by atoms with E-state index in [1.54, 1.807) is 0 Å². The molecular weight excluding hydrogens is 258 g/mol. The molecule has 1 aliphatic heterocycles. The van der Waals surface area contributed by atoms with E-state index in [0.717, 1.165) is 6.54 Å². The van der Waals surface area contributed by atoms with E-state index in [-0.39, 0.29) is 12.1 Å². The second-order valence-corrected chi connectivity index (χ2v) is 6.46. The van der Waals surface area contributed by atoms with E-state index in [0.29, 0.717) is 25.7 Å². The van der Waals surface area contributed by atoms with Crippen LogP contribution in [0.5, 0.6) is 0 Å². The van der Waals surface area contributed by atoms with Gasteiger partial charge in [-0.25, -0.2) is 4.79 Å². The molecule has 1 amide bonds. The van der Waals surface area contributed by atoms with Gasteiger partial charge in [0, 0.05) is 31.7 Å². The summed E-state index contributed by atoms with van der Waals surface area (Å²) in [5, 5.41) is 2.80. The molecule has 0 bridgehead atoms. The lowest BCUT2D eigenvalue weighted by Gasteiger charge is -2.41. The molecule has 118 valence electrons. The fourth-order valence-electron chi connectivity index (χ4n) is 2.29. The van der Waals surface area contributed by atoms with Crippen LogP contribution in [0.1, 0.15) is 34.6 Å². The number of carbonyl (C=O) groups excluding carboxylic acids is 1. The Morgan fingerprint density at radius 1 is 1.50 bits per heavy atom. The zero-order chi connectivity index (χ0) is 15.3. The number of rotatable bonds is 4. The van der Waals surface area contributed by atoms with E-state index >= 15 is 0 Å². The molecule has 1 fully saturated rings. The fraction of sp³-hybridized carbons (Fsp3) is 0.929. The third-order valence-electron chi connectivity index (χ3n) is 3.28. The molecule has 3 atom stereocenters. The Morgan fingerprint density at radius 3 is 2.70 bits per heavy atom. The van der Waals surface area contributed by atoms with E-state index in [9.17, 15) is 4.79 Å². The summed E-state index contributed by atoms with van der Waals surface area (Å²) in [6.45, 7) is 12.2. The van der Waals surface area contributed by atoms with E-state index < -0.39 is 11.7 Å². The predicted molar refractivity (Wildman–Crippen MR) is 78.7 cm³/mol. The zero-order valence-electron chi connectivity index (χ0n) is 13.3. The Morgan fingerprint density at radius 2 is 2.15 bits per heavy atom. The molecule has 0 radical (unpaired) electrons. The van der Waals surface area contributed by atoms with Crippen molar-refractivity contribution in [2.45, 2.75) is 58.4 Å². The van der Waals surface area contributed by atoms with Crippen molar-refractivity contribution in [2.24, 2.45) is 5.73 Å². The molecule has 1 aliphatic rings. The van der Waals surface area contributed by atoms with E-state index in [1.807, 2.05) is 27.7 Å². The zero-order valence-corrected chi connectivity index (χ0v) is 13.3. The monoisotopic (exact) mass is 287 g/mol. The average molecular weight is 287 g/mol. The van der Waals surface area contributed by atoms with Gasteiger partial charge in [-0.05, 0) is 34.6 Å². The number of hydrogen-bond donors (Lipinski definition) is 2. The molecule has 1 rings (SSSR count). The van der Waals surface area contributed by atoms with Crippen LogP contribution in [0.4, 0.5) is 4.79 Å². The second-order valence-electron chi connectivity index (χ2n) is 6.46. The average Bonchev–Trinajstić information content (AvgIpc) is 2.32. The number of carbonyl (C=O) groups is 1. The summed E-state index contributed by atoms with van der Waals surface area (Å²) in [5.41, 5.74) is 5.37. The standard InChI is InChI=1S/C14H29N3O3/c1-10-9-19-11(2)8-17(10)12(6-15)7-16-13(18)20-14(3,4)5/h10-12H,6-9,15H2,1-5H3,(H,16,18). The summed E-state index contributed by atoms with van der Waals surface area (Å²) in [6.07, 6.45) is -0.202. The highest BCUT2D eigenvalue weighted by atomic mass is 16.6. The Balaban J connectivity index is 2.48. The maximum atomic E-state index is 11.7. The fourth-order valence-corrected chi connectivity index (χ4v) is 2.29. The van der Waals surface area contributed by atoms with Crippen LogP contribution in [0.15, 0.2) is 0 Å². The Hall–Kier alpha value is -0.850. The highest BCUT2D eigenvalue weighted by Crippen LogP contribution is 2.14. The van der Waals surface area contributed by atoms with Gasteiger partial charge in [0.1, 0.15) is 5.60 Å². The first-order valence-electron chi connectivity index (χ1n) is 7.27. The highest BCUT2D eigenvalue weighted by molar-refractivity contribution is 5.67. The second kappa shape index (κ2) is 7.24. The van der Waals surface area contributed by atoms with Crippen LogP contribution in [0.25, 0.3) is 0 Å². The van der Waals surface area contributed by atoms with Gasteiger partial charge in [0.2, 0.25) is 0 Å². The summed E-state index contributed by atoms with van der Waals surface area (Å²) in [5.74, 6) is 0. The summed E-state index contributed by atoms with van der Waals surface area (Å²) in [7, 11) is 0. The largest absolute Gasteiger partial charge is 0.444 e. The topological polar surface area (TPSA) is 76.8 Å². The van der Waals surface area contributed by atoms with Gasteiger partial charge < -0.3 is 20.5 Å². The minimum atomic E-state index is -0.483. The number of nitrogens with one attached hydrogen (secondary N) is 1. The van der Waals surface area contributed by atoms with Gasteiger partial charge >= 0.3 is 6.09 Å². The highest BCUT2D eigenvalue weighted by Gasteiger charge is 2.29. The first kappa shape index (κ1) is 17.2. The van der Waals surface area contributed by atoms with Crippen molar-refractivity contribution in [1.29, 1.82) is 0 Å². The van der Waals surface area contributed by atoms with Crippen molar-refractivity contribution in [3.8, 4) is 0 Å². The number of morpholine rings is 1. The quantitative estimate of drug-likeness (QED) is 0.805. The van der Waals surface area contributed by atoms with Crippen LogP contribution in [0.3, 0.4) is 0 Å². The molecule has 1 heterocycles. The molecule has 6 nitrogen and oxygen atoms in total. The van der Waals surface area contributed by atoms with E-state index in [2.05, 4.69) is 17.1 Å². The van der Waals surface area contributed by atoms with Crippen molar-refractivity contribution < 1.29 is 14.3 Å². The van der Waals surface area contributed by atoms with Crippen LogP contribution in [-0.4, -0.2) is 61.0 Å². The normalized spacial score (nSPS) is 26.1. The van der Waals surface area contributed by atoms with Gasteiger partial charge in [-0.15, -0.1) is 0 Å². The molecule has 0 aromatic heterocycles. The predicted octanol–water partition coefficient (Wildman–Crippen LogP) is 0.948. The molecule has 6 heteroatoms. The van der Waals surface area contributed by atoms with Gasteiger partial charge in [-0.3, -0.25) is 4.90 Å². The van der Waals surface area contributed by atoms with Crippen molar-refractivity contribution in [1.82, 2.24) is 10.2 Å². The SMILES string of the molecule is CC1CN(C(CN)CNC(=O)OC(C)(C)C)C(C)CO1. The molecule has 20 heavy (non-hydrogen) atoms. The van der Waals surface area contributed by atoms with Crippen molar-refractivity contribution in [3.05, 3.63) is 0 Å². The maximum absolute atomic E-state index is 11.7. The number of nitrogens with zero attached hydrogens (tertiary/aromatic N) is 1. The summed E-state index contributed by atoms with van der Waals surface area (Å²) in [6, 6.07) is 0.407. The number of alkyl carbamates (subject to hydrolysis) is 1. The van der Waals surface area contributed by atoms with E-state index in [4.69, 9.17) is 15.2 Å².